The van der Waals surface area contributed by atoms with Gasteiger partial charge in [0.2, 0.25) is 0 Å². The summed E-state index contributed by atoms with van der Waals surface area (Å²) in [4.78, 5) is 10.9. The third-order valence-corrected chi connectivity index (χ3v) is 2.80. The van der Waals surface area contributed by atoms with Crippen molar-refractivity contribution < 1.29 is 9.90 Å². The Bertz CT molecular complexity index is 173. The molecule has 0 aromatic rings. The lowest BCUT2D eigenvalue weighted by atomic mass is 9.97. The lowest BCUT2D eigenvalue weighted by Crippen LogP contribution is -2.37. The van der Waals surface area contributed by atoms with Gasteiger partial charge in [0.25, 0.3) is 0 Å². The van der Waals surface area contributed by atoms with E-state index in [1.165, 1.54) is 6.42 Å². The van der Waals surface area contributed by atoms with Gasteiger partial charge in [-0.2, -0.15) is 0 Å². The van der Waals surface area contributed by atoms with Gasteiger partial charge in [0.05, 0.1) is 0 Å². The zero-order chi connectivity index (χ0) is 9.68. The van der Waals surface area contributed by atoms with Gasteiger partial charge < -0.3 is 15.7 Å². The lowest BCUT2D eigenvalue weighted by Gasteiger charge is -2.17. The maximum absolute atomic E-state index is 10.9. The number of rotatable bonds is 3. The standard InChI is InChI=1S/C9H18N2O2/c1-10-9(13)11-5-7-3-2-4-8(7)6-12/h7-8,12H,2-6H2,1H3,(H2,10,11,13). The number of carbonyl (C=O) groups is 1. The van der Waals surface area contributed by atoms with Crippen LogP contribution >= 0.6 is 0 Å². The average molecular weight is 186 g/mol. The van der Waals surface area contributed by atoms with E-state index in [0.29, 0.717) is 18.4 Å². The van der Waals surface area contributed by atoms with Gasteiger partial charge >= 0.3 is 6.03 Å². The highest BCUT2D eigenvalue weighted by Crippen LogP contribution is 2.30. The van der Waals surface area contributed by atoms with E-state index >= 15 is 0 Å². The molecule has 1 saturated carbocycles. The smallest absolute Gasteiger partial charge is 0.314 e. The Balaban J connectivity index is 2.23. The van der Waals surface area contributed by atoms with Crippen LogP contribution in [0.1, 0.15) is 19.3 Å². The Morgan fingerprint density at radius 2 is 2.15 bits per heavy atom. The Kier molecular flexibility index (Phi) is 4.02. The SMILES string of the molecule is CNC(=O)NCC1CCCC1CO. The van der Waals surface area contributed by atoms with E-state index in [0.717, 1.165) is 12.8 Å². The molecule has 1 aliphatic rings. The molecule has 0 radical (unpaired) electrons. The molecule has 0 aliphatic heterocycles. The van der Waals surface area contributed by atoms with Crippen LogP contribution in [0.5, 0.6) is 0 Å². The maximum atomic E-state index is 10.9. The Labute approximate surface area is 78.7 Å². The molecule has 2 amide bonds. The predicted octanol–water partition coefficient (Wildman–Crippen LogP) is 0.324. The average Bonchev–Trinajstić information content (AvgIpc) is 2.61. The highest BCUT2D eigenvalue weighted by molar-refractivity contribution is 5.73. The molecule has 1 rings (SSSR count). The summed E-state index contributed by atoms with van der Waals surface area (Å²) in [7, 11) is 1.60. The van der Waals surface area contributed by atoms with Gasteiger partial charge in [0.1, 0.15) is 0 Å². The molecule has 0 aromatic carbocycles. The van der Waals surface area contributed by atoms with E-state index in [-0.39, 0.29) is 12.6 Å². The number of amides is 2. The molecule has 1 aliphatic carbocycles. The van der Waals surface area contributed by atoms with Crippen molar-refractivity contribution in [3.63, 3.8) is 0 Å². The van der Waals surface area contributed by atoms with Crippen molar-refractivity contribution in [3.8, 4) is 0 Å². The second-order valence-corrected chi connectivity index (χ2v) is 3.59. The topological polar surface area (TPSA) is 61.4 Å². The molecule has 0 heterocycles. The number of aliphatic hydroxyl groups is 1. The third-order valence-electron chi connectivity index (χ3n) is 2.80. The third kappa shape index (κ3) is 2.88. The maximum Gasteiger partial charge on any atom is 0.314 e. The van der Waals surface area contributed by atoms with Crippen molar-refractivity contribution >= 4 is 6.03 Å². The van der Waals surface area contributed by atoms with Crippen LogP contribution in [0.15, 0.2) is 0 Å². The van der Waals surface area contributed by atoms with Crippen LogP contribution in [0, 0.1) is 11.8 Å². The fourth-order valence-corrected chi connectivity index (χ4v) is 1.93. The normalized spacial score (nSPS) is 27.2. The monoisotopic (exact) mass is 186 g/mol. The highest BCUT2D eigenvalue weighted by Gasteiger charge is 2.26. The molecule has 0 aromatic heterocycles. The second-order valence-electron chi connectivity index (χ2n) is 3.59. The summed E-state index contributed by atoms with van der Waals surface area (Å²) in [5.41, 5.74) is 0. The van der Waals surface area contributed by atoms with Crippen LogP contribution in [0.4, 0.5) is 4.79 Å². The summed E-state index contributed by atoms with van der Waals surface area (Å²) >= 11 is 0. The molecule has 3 N–H and O–H groups in total. The summed E-state index contributed by atoms with van der Waals surface area (Å²) in [5.74, 6) is 0.847. The lowest BCUT2D eigenvalue weighted by molar-refractivity contribution is 0.191. The van der Waals surface area contributed by atoms with Gasteiger partial charge in [-0.15, -0.1) is 0 Å². The molecule has 0 bridgehead atoms. The number of hydrogen-bond acceptors (Lipinski definition) is 2. The molecule has 1 fully saturated rings. The van der Waals surface area contributed by atoms with Gasteiger partial charge in [-0.25, -0.2) is 4.79 Å². The molecule has 0 saturated heterocycles. The van der Waals surface area contributed by atoms with Crippen LogP contribution in [-0.4, -0.2) is 31.3 Å². The molecule has 2 atom stereocenters. The summed E-state index contributed by atoms with van der Waals surface area (Å²) in [6.45, 7) is 0.936. The van der Waals surface area contributed by atoms with Crippen LogP contribution in [0.2, 0.25) is 0 Å². The summed E-state index contributed by atoms with van der Waals surface area (Å²) in [6, 6.07) is -0.136. The van der Waals surface area contributed by atoms with E-state index in [2.05, 4.69) is 10.6 Å². The Morgan fingerprint density at radius 3 is 2.77 bits per heavy atom. The highest BCUT2D eigenvalue weighted by atomic mass is 16.3. The van der Waals surface area contributed by atoms with Crippen molar-refractivity contribution in [2.75, 3.05) is 20.2 Å². The quantitative estimate of drug-likeness (QED) is 0.594. The zero-order valence-corrected chi connectivity index (χ0v) is 8.05. The number of hydrogen-bond donors (Lipinski definition) is 3. The van der Waals surface area contributed by atoms with E-state index in [1.54, 1.807) is 7.05 Å². The number of nitrogens with one attached hydrogen (secondary N) is 2. The molecule has 13 heavy (non-hydrogen) atoms. The van der Waals surface area contributed by atoms with E-state index in [1.807, 2.05) is 0 Å². The van der Waals surface area contributed by atoms with Crippen molar-refractivity contribution in [1.29, 1.82) is 0 Å². The minimum atomic E-state index is -0.136. The van der Waals surface area contributed by atoms with Crippen LogP contribution < -0.4 is 10.6 Å². The minimum Gasteiger partial charge on any atom is -0.396 e. The first-order chi connectivity index (χ1) is 6.27. The summed E-state index contributed by atoms with van der Waals surface area (Å²) < 4.78 is 0. The van der Waals surface area contributed by atoms with Crippen LogP contribution in [0.3, 0.4) is 0 Å². The van der Waals surface area contributed by atoms with Crippen molar-refractivity contribution in [2.24, 2.45) is 11.8 Å². The predicted molar refractivity (Wildman–Crippen MR) is 50.4 cm³/mol. The fourth-order valence-electron chi connectivity index (χ4n) is 1.93. The number of carbonyl (C=O) groups excluding carboxylic acids is 1. The largest absolute Gasteiger partial charge is 0.396 e. The van der Waals surface area contributed by atoms with Crippen molar-refractivity contribution in [3.05, 3.63) is 0 Å². The van der Waals surface area contributed by atoms with Gasteiger partial charge in [-0.1, -0.05) is 6.42 Å². The second kappa shape index (κ2) is 5.07. The summed E-state index contributed by atoms with van der Waals surface area (Å²) in [6.07, 6.45) is 3.39. The first-order valence-electron chi connectivity index (χ1n) is 4.84. The van der Waals surface area contributed by atoms with Gasteiger partial charge in [0, 0.05) is 20.2 Å². The zero-order valence-electron chi connectivity index (χ0n) is 8.05. The fraction of sp³-hybridized carbons (Fsp3) is 0.889. The first-order valence-corrected chi connectivity index (χ1v) is 4.84. The van der Waals surface area contributed by atoms with E-state index in [4.69, 9.17) is 5.11 Å². The molecule has 4 heteroatoms. The Morgan fingerprint density at radius 1 is 1.46 bits per heavy atom. The minimum absolute atomic E-state index is 0.136. The van der Waals surface area contributed by atoms with E-state index < -0.39 is 0 Å². The van der Waals surface area contributed by atoms with Crippen LogP contribution in [0.25, 0.3) is 0 Å². The summed E-state index contributed by atoms with van der Waals surface area (Å²) in [5, 5.41) is 14.3. The van der Waals surface area contributed by atoms with E-state index in [9.17, 15) is 4.79 Å². The van der Waals surface area contributed by atoms with Crippen molar-refractivity contribution in [2.45, 2.75) is 19.3 Å². The Hall–Kier alpha value is -0.770. The first kappa shape index (κ1) is 10.3. The molecule has 2 unspecified atom stereocenters. The molecular formula is C9H18N2O2. The van der Waals surface area contributed by atoms with Gasteiger partial charge in [0.15, 0.2) is 0 Å². The van der Waals surface area contributed by atoms with Crippen LogP contribution in [-0.2, 0) is 0 Å². The molecule has 4 nitrogen and oxygen atoms in total. The van der Waals surface area contributed by atoms with Gasteiger partial charge in [-0.05, 0) is 24.7 Å². The van der Waals surface area contributed by atoms with Crippen molar-refractivity contribution in [1.82, 2.24) is 10.6 Å². The number of urea groups is 1. The number of aliphatic hydroxyl groups excluding tert-OH is 1. The van der Waals surface area contributed by atoms with Gasteiger partial charge in [-0.3, -0.25) is 0 Å². The molecule has 76 valence electrons. The molecular weight excluding hydrogens is 168 g/mol. The molecule has 0 spiro atoms.